The fraction of sp³-hybridized carbons (Fsp3) is 0.625. The quantitative estimate of drug-likeness (QED) is 0.830. The first-order chi connectivity index (χ1) is 11.5. The Bertz CT molecular complexity index is 699. The van der Waals surface area contributed by atoms with Crippen LogP contribution in [0, 0.1) is 0 Å². The maximum Gasteiger partial charge on any atom is 0.253 e. The summed E-state index contributed by atoms with van der Waals surface area (Å²) in [6, 6.07) is 1.55. The van der Waals surface area contributed by atoms with Crippen LogP contribution in [0.15, 0.2) is 18.5 Å². The molecule has 7 nitrogen and oxygen atoms in total. The van der Waals surface area contributed by atoms with Crippen LogP contribution in [0.5, 0.6) is 0 Å². The fourth-order valence-electron chi connectivity index (χ4n) is 3.22. The van der Waals surface area contributed by atoms with Gasteiger partial charge in [-0.25, -0.2) is 8.42 Å². The highest BCUT2D eigenvalue weighted by Crippen LogP contribution is 2.18. The molecule has 2 fully saturated rings. The summed E-state index contributed by atoms with van der Waals surface area (Å²) in [5.74, 6) is -0.0679. The van der Waals surface area contributed by atoms with Crippen LogP contribution < -0.4 is 10.2 Å². The number of pyridine rings is 1. The SMILES string of the molecule is CCN1CCN(c2cncc(C(=O)NC3CCS(=O)(=O)C3)c2)CC1. The van der Waals surface area contributed by atoms with Crippen LogP contribution in [0.25, 0.3) is 0 Å². The number of amides is 1. The zero-order chi connectivity index (χ0) is 17.2. The van der Waals surface area contributed by atoms with Crippen LogP contribution in [-0.4, -0.2) is 74.5 Å². The summed E-state index contributed by atoms with van der Waals surface area (Å²) in [6.07, 6.45) is 3.79. The molecule has 1 amide bonds. The first-order valence-electron chi connectivity index (χ1n) is 8.40. The van der Waals surface area contributed by atoms with Crippen molar-refractivity contribution >= 4 is 21.4 Å². The minimum Gasteiger partial charge on any atom is -0.368 e. The second-order valence-corrected chi connectivity index (χ2v) is 8.66. The molecule has 8 heteroatoms. The number of piperazine rings is 1. The molecule has 1 N–H and O–H groups in total. The third-order valence-corrected chi connectivity index (χ3v) is 6.51. The van der Waals surface area contributed by atoms with E-state index in [2.05, 4.69) is 27.0 Å². The Morgan fingerprint density at radius 2 is 2.04 bits per heavy atom. The molecule has 0 saturated carbocycles. The molecule has 1 aromatic rings. The second kappa shape index (κ2) is 7.06. The van der Waals surface area contributed by atoms with Gasteiger partial charge in [-0.3, -0.25) is 9.78 Å². The average molecular weight is 352 g/mol. The van der Waals surface area contributed by atoms with Gasteiger partial charge in [0.25, 0.3) is 5.91 Å². The van der Waals surface area contributed by atoms with Crippen LogP contribution in [0.1, 0.15) is 23.7 Å². The van der Waals surface area contributed by atoms with Gasteiger partial charge >= 0.3 is 0 Å². The molecule has 2 aliphatic rings. The number of carbonyl (C=O) groups excluding carboxylic acids is 1. The summed E-state index contributed by atoms with van der Waals surface area (Å²) in [4.78, 5) is 21.2. The lowest BCUT2D eigenvalue weighted by molar-refractivity contribution is 0.0941. The lowest BCUT2D eigenvalue weighted by atomic mass is 10.2. The summed E-state index contributed by atoms with van der Waals surface area (Å²) >= 11 is 0. The Balaban J connectivity index is 1.64. The number of nitrogens with zero attached hydrogens (tertiary/aromatic N) is 3. The molecule has 0 spiro atoms. The Morgan fingerprint density at radius 3 is 2.67 bits per heavy atom. The molecular weight excluding hydrogens is 328 g/mol. The Kier molecular flexibility index (Phi) is 5.05. The van der Waals surface area contributed by atoms with Crippen LogP contribution in [0.2, 0.25) is 0 Å². The molecule has 1 aromatic heterocycles. The standard InChI is InChI=1S/C16H24N4O3S/c1-2-19-4-6-20(7-5-19)15-9-13(10-17-11-15)16(21)18-14-3-8-24(22,23)12-14/h9-11,14H,2-8,12H2,1H3,(H,18,21). The van der Waals surface area contributed by atoms with Gasteiger partial charge in [0.15, 0.2) is 9.84 Å². The van der Waals surface area contributed by atoms with E-state index in [1.165, 1.54) is 6.20 Å². The summed E-state index contributed by atoms with van der Waals surface area (Å²) in [5.41, 5.74) is 1.42. The van der Waals surface area contributed by atoms with Crippen molar-refractivity contribution in [1.29, 1.82) is 0 Å². The molecular formula is C16H24N4O3S. The number of aromatic nitrogens is 1. The molecule has 2 saturated heterocycles. The number of rotatable bonds is 4. The largest absolute Gasteiger partial charge is 0.368 e. The van der Waals surface area contributed by atoms with Crippen LogP contribution in [-0.2, 0) is 9.84 Å². The number of likely N-dealkylation sites (N-methyl/N-ethyl adjacent to an activating group) is 1. The first kappa shape index (κ1) is 17.2. The van der Waals surface area contributed by atoms with Crippen LogP contribution in [0.4, 0.5) is 5.69 Å². The topological polar surface area (TPSA) is 82.6 Å². The van der Waals surface area contributed by atoms with Crippen molar-refractivity contribution in [3.63, 3.8) is 0 Å². The van der Waals surface area contributed by atoms with E-state index < -0.39 is 9.84 Å². The van der Waals surface area contributed by atoms with Gasteiger partial charge in [-0.05, 0) is 19.0 Å². The first-order valence-corrected chi connectivity index (χ1v) is 10.2. The summed E-state index contributed by atoms with van der Waals surface area (Å²) < 4.78 is 23.0. The van der Waals surface area contributed by atoms with Gasteiger partial charge in [0.05, 0.1) is 29.0 Å². The monoisotopic (exact) mass is 352 g/mol. The van der Waals surface area contributed by atoms with Gasteiger partial charge in [-0.2, -0.15) is 0 Å². The summed E-state index contributed by atoms with van der Waals surface area (Å²) in [7, 11) is -3.00. The number of carbonyl (C=O) groups is 1. The maximum absolute atomic E-state index is 12.4. The van der Waals surface area contributed by atoms with Gasteiger partial charge in [0, 0.05) is 38.4 Å². The third-order valence-electron chi connectivity index (χ3n) is 4.74. The van der Waals surface area contributed by atoms with Crippen molar-refractivity contribution in [2.24, 2.45) is 0 Å². The predicted octanol–water partition coefficient (Wildman–Crippen LogP) is 0.140. The van der Waals surface area contributed by atoms with Crippen molar-refractivity contribution in [2.45, 2.75) is 19.4 Å². The Labute approximate surface area is 143 Å². The highest BCUT2D eigenvalue weighted by Gasteiger charge is 2.29. The number of sulfone groups is 1. The molecule has 3 heterocycles. The molecule has 1 atom stereocenters. The fourth-order valence-corrected chi connectivity index (χ4v) is 4.90. The number of nitrogens with one attached hydrogen (secondary N) is 1. The van der Waals surface area contributed by atoms with E-state index in [9.17, 15) is 13.2 Å². The van der Waals surface area contributed by atoms with Crippen LogP contribution >= 0.6 is 0 Å². The van der Waals surface area contributed by atoms with E-state index in [1.807, 2.05) is 6.07 Å². The van der Waals surface area contributed by atoms with E-state index in [1.54, 1.807) is 6.20 Å². The molecule has 3 rings (SSSR count). The molecule has 1 unspecified atom stereocenters. The summed E-state index contributed by atoms with van der Waals surface area (Å²) in [6.45, 7) is 7.06. The van der Waals surface area contributed by atoms with Crippen molar-refractivity contribution in [3.8, 4) is 0 Å². The Morgan fingerprint density at radius 1 is 1.29 bits per heavy atom. The van der Waals surface area contributed by atoms with Crippen molar-refractivity contribution in [3.05, 3.63) is 24.0 Å². The van der Waals surface area contributed by atoms with E-state index in [0.717, 1.165) is 38.4 Å². The minimum atomic E-state index is -3.00. The number of hydrogen-bond acceptors (Lipinski definition) is 6. The normalized spacial score (nSPS) is 24.0. The number of anilines is 1. The second-order valence-electron chi connectivity index (χ2n) is 6.43. The van der Waals surface area contributed by atoms with Crippen molar-refractivity contribution in [1.82, 2.24) is 15.2 Å². The lowest BCUT2D eigenvalue weighted by Crippen LogP contribution is -2.46. The van der Waals surface area contributed by atoms with Crippen molar-refractivity contribution in [2.75, 3.05) is 49.1 Å². The zero-order valence-electron chi connectivity index (χ0n) is 13.9. The lowest BCUT2D eigenvalue weighted by Gasteiger charge is -2.35. The highest BCUT2D eigenvalue weighted by atomic mass is 32.2. The van der Waals surface area contributed by atoms with Crippen LogP contribution in [0.3, 0.4) is 0 Å². The minimum absolute atomic E-state index is 0.0326. The maximum atomic E-state index is 12.4. The molecule has 0 aliphatic carbocycles. The molecule has 0 aromatic carbocycles. The molecule has 0 radical (unpaired) electrons. The average Bonchev–Trinajstić information content (AvgIpc) is 2.93. The van der Waals surface area contributed by atoms with Gasteiger partial charge in [0.2, 0.25) is 0 Å². The number of hydrogen-bond donors (Lipinski definition) is 1. The molecule has 24 heavy (non-hydrogen) atoms. The molecule has 2 aliphatic heterocycles. The highest BCUT2D eigenvalue weighted by molar-refractivity contribution is 7.91. The van der Waals surface area contributed by atoms with Gasteiger partial charge in [-0.15, -0.1) is 0 Å². The van der Waals surface area contributed by atoms with Gasteiger partial charge < -0.3 is 15.1 Å². The summed E-state index contributed by atoms with van der Waals surface area (Å²) in [5, 5.41) is 2.81. The molecule has 132 valence electrons. The zero-order valence-corrected chi connectivity index (χ0v) is 14.8. The molecule has 0 bridgehead atoms. The van der Waals surface area contributed by atoms with Gasteiger partial charge in [-0.1, -0.05) is 6.92 Å². The van der Waals surface area contributed by atoms with E-state index in [-0.39, 0.29) is 23.5 Å². The predicted molar refractivity (Wildman–Crippen MR) is 93.1 cm³/mol. The van der Waals surface area contributed by atoms with E-state index in [0.29, 0.717) is 12.0 Å². The smallest absolute Gasteiger partial charge is 0.253 e. The third kappa shape index (κ3) is 4.05. The van der Waals surface area contributed by atoms with Gasteiger partial charge in [0.1, 0.15) is 0 Å². The van der Waals surface area contributed by atoms with E-state index in [4.69, 9.17) is 0 Å². The van der Waals surface area contributed by atoms with E-state index >= 15 is 0 Å². The van der Waals surface area contributed by atoms with Crippen molar-refractivity contribution < 1.29 is 13.2 Å². The Hall–Kier alpha value is -1.67.